The fraction of sp³-hybridized carbons (Fsp3) is 0. The van der Waals surface area contributed by atoms with Crippen LogP contribution >= 0.6 is 0 Å². The summed E-state index contributed by atoms with van der Waals surface area (Å²) in [5, 5.41) is 0. The van der Waals surface area contributed by atoms with E-state index >= 15 is 0 Å². The van der Waals surface area contributed by atoms with Gasteiger partial charge in [-0.05, 0) is 0 Å². The average Bonchev–Trinajstić information content (AvgIpc) is 2.08. The van der Waals surface area contributed by atoms with Crippen LogP contribution in [0, 0.1) is 29.1 Å². The van der Waals surface area contributed by atoms with Crippen LogP contribution in [0.1, 0.15) is 0 Å². The maximum absolute atomic E-state index is 12.5. The Morgan fingerprint density at radius 2 is 0.833 bits per heavy atom. The molecule has 0 amide bonds. The van der Waals surface area contributed by atoms with Crippen LogP contribution in [-0.4, -0.2) is 0 Å². The molecule has 0 aliphatic heterocycles. The molecular formula is C6F5Hg+. The van der Waals surface area contributed by atoms with Crippen molar-refractivity contribution in [2.45, 2.75) is 0 Å². The Bertz CT molecular complexity index is 230. The Kier molecular flexibility index (Phi) is 2.70. The van der Waals surface area contributed by atoms with Gasteiger partial charge in [0.25, 0.3) is 0 Å². The summed E-state index contributed by atoms with van der Waals surface area (Å²) in [5.41, 5.74) is 0. The topological polar surface area (TPSA) is 0 Å². The molecule has 0 unspecified atom stereocenters. The first-order valence-electron chi connectivity index (χ1n) is 2.80. The van der Waals surface area contributed by atoms with E-state index in [1.165, 1.54) is 0 Å². The van der Waals surface area contributed by atoms with E-state index in [9.17, 15) is 22.0 Å². The van der Waals surface area contributed by atoms with E-state index in [4.69, 9.17) is 0 Å². The van der Waals surface area contributed by atoms with Crippen molar-refractivity contribution < 1.29 is 48.1 Å². The third kappa shape index (κ3) is 1.34. The summed E-state index contributed by atoms with van der Waals surface area (Å²) in [5.74, 6) is -9.22. The van der Waals surface area contributed by atoms with Gasteiger partial charge in [0, 0.05) is 0 Å². The zero-order valence-electron chi connectivity index (χ0n) is 5.60. The molecule has 6 heteroatoms. The van der Waals surface area contributed by atoms with Gasteiger partial charge in [0.15, 0.2) is 0 Å². The third-order valence-electron chi connectivity index (χ3n) is 1.30. The van der Waals surface area contributed by atoms with Crippen LogP contribution in [0.5, 0.6) is 0 Å². The molecule has 0 N–H and O–H groups in total. The van der Waals surface area contributed by atoms with Crippen LogP contribution in [0.3, 0.4) is 0 Å². The quantitative estimate of drug-likeness (QED) is 0.282. The van der Waals surface area contributed by atoms with Gasteiger partial charge in [-0.3, -0.25) is 0 Å². The minimum absolute atomic E-state index is 0.639. The van der Waals surface area contributed by atoms with Crippen molar-refractivity contribution in [1.29, 1.82) is 0 Å². The van der Waals surface area contributed by atoms with E-state index in [1.54, 1.807) is 0 Å². The van der Waals surface area contributed by atoms with Gasteiger partial charge in [0.05, 0.1) is 0 Å². The first kappa shape index (κ1) is 9.89. The standard InChI is InChI=1S/C6F5.Hg/c7-2-1-3(8)5(10)6(11)4(2)9;/q;+1. The third-order valence-corrected chi connectivity index (χ3v) is 3.71. The average molecular weight is 368 g/mol. The molecule has 1 rings (SSSR count). The molecule has 0 saturated carbocycles. The van der Waals surface area contributed by atoms with Crippen LogP contribution < -0.4 is 3.07 Å². The maximum atomic E-state index is 12.5. The van der Waals surface area contributed by atoms with Gasteiger partial charge in [0.2, 0.25) is 0 Å². The van der Waals surface area contributed by atoms with Crippen molar-refractivity contribution in [3.63, 3.8) is 0 Å². The molecule has 1 aromatic rings. The van der Waals surface area contributed by atoms with E-state index in [0.717, 1.165) is 0 Å². The molecule has 0 nitrogen and oxygen atoms in total. The summed E-state index contributed by atoms with van der Waals surface area (Å²) in [6.45, 7) is 0. The molecule has 0 aliphatic carbocycles. The summed E-state index contributed by atoms with van der Waals surface area (Å²) in [6, 6.07) is 0. The van der Waals surface area contributed by atoms with Gasteiger partial charge in [-0.1, -0.05) is 0 Å². The zero-order chi connectivity index (χ0) is 9.46. The number of hydrogen-bond donors (Lipinski definition) is 0. The van der Waals surface area contributed by atoms with Crippen molar-refractivity contribution in [2.75, 3.05) is 0 Å². The second kappa shape index (κ2) is 3.28. The Balaban J connectivity index is 3.60. The summed E-state index contributed by atoms with van der Waals surface area (Å²) in [7, 11) is 0. The van der Waals surface area contributed by atoms with E-state index < -0.39 is 58.3 Å². The van der Waals surface area contributed by atoms with Gasteiger partial charge < -0.3 is 0 Å². The Labute approximate surface area is 80.3 Å². The molecule has 0 fully saturated rings. The van der Waals surface area contributed by atoms with Gasteiger partial charge in [-0.2, -0.15) is 0 Å². The van der Waals surface area contributed by atoms with Crippen molar-refractivity contribution in [2.24, 2.45) is 0 Å². The van der Waals surface area contributed by atoms with E-state index in [-0.39, 0.29) is 0 Å². The molecular weight excluding hydrogens is 368 g/mol. The molecule has 12 heavy (non-hydrogen) atoms. The number of halogens is 5. The van der Waals surface area contributed by atoms with E-state index in [1.807, 2.05) is 0 Å². The molecule has 0 spiro atoms. The molecule has 0 saturated heterocycles. The molecule has 0 aromatic heterocycles. The molecule has 0 aliphatic rings. The number of benzene rings is 1. The van der Waals surface area contributed by atoms with Crippen molar-refractivity contribution in [1.82, 2.24) is 0 Å². The van der Waals surface area contributed by atoms with Gasteiger partial charge in [-0.15, -0.1) is 0 Å². The molecule has 0 atom stereocenters. The predicted molar refractivity (Wildman–Crippen MR) is 25.9 cm³/mol. The van der Waals surface area contributed by atoms with Crippen molar-refractivity contribution in [3.8, 4) is 0 Å². The summed E-state index contributed by atoms with van der Waals surface area (Å²) >= 11 is -0.639. The second-order valence-corrected chi connectivity index (χ2v) is 4.80. The van der Waals surface area contributed by atoms with Crippen LogP contribution in [0.25, 0.3) is 0 Å². The molecule has 60 valence electrons. The second-order valence-electron chi connectivity index (χ2n) is 2.05. The normalized spacial score (nSPS) is 10.6. The Morgan fingerprint density at radius 1 is 0.583 bits per heavy atom. The number of hydrogen-bond acceptors (Lipinski definition) is 0. The predicted octanol–water partition coefficient (Wildman–Crippen LogP) is 1.55. The first-order chi connectivity index (χ1) is 5.46. The zero-order valence-corrected chi connectivity index (χ0v) is 11.1. The SMILES string of the molecule is Fc1c(F)c(F)[c]([Hg+])c(F)c1F. The fourth-order valence-corrected chi connectivity index (χ4v) is 1.86. The van der Waals surface area contributed by atoms with Crippen molar-refractivity contribution >= 4 is 3.07 Å². The molecule has 0 radical (unpaired) electrons. The summed E-state index contributed by atoms with van der Waals surface area (Å²) in [4.78, 5) is 0. The summed E-state index contributed by atoms with van der Waals surface area (Å²) < 4.78 is 61.1. The monoisotopic (exact) mass is 369 g/mol. The van der Waals surface area contributed by atoms with E-state index in [2.05, 4.69) is 0 Å². The van der Waals surface area contributed by atoms with Crippen LogP contribution in [0.15, 0.2) is 0 Å². The molecule has 0 bridgehead atoms. The van der Waals surface area contributed by atoms with Crippen LogP contribution in [-0.2, 0) is 26.1 Å². The summed E-state index contributed by atoms with van der Waals surface area (Å²) in [6.07, 6.45) is 0. The molecule has 0 heterocycles. The van der Waals surface area contributed by atoms with Gasteiger partial charge >= 0.3 is 80.2 Å². The first-order valence-corrected chi connectivity index (χ1v) is 5.55. The Morgan fingerprint density at radius 3 is 1.17 bits per heavy atom. The van der Waals surface area contributed by atoms with Gasteiger partial charge in [-0.25, -0.2) is 0 Å². The fourth-order valence-electron chi connectivity index (χ4n) is 0.650. The molecule has 1 aromatic carbocycles. The van der Waals surface area contributed by atoms with Crippen LogP contribution in [0.2, 0.25) is 0 Å². The van der Waals surface area contributed by atoms with Gasteiger partial charge in [0.1, 0.15) is 0 Å². The van der Waals surface area contributed by atoms with E-state index in [0.29, 0.717) is 0 Å². The van der Waals surface area contributed by atoms with Crippen LogP contribution in [0.4, 0.5) is 22.0 Å². The Hall–Kier alpha value is -0.195. The van der Waals surface area contributed by atoms with Crippen molar-refractivity contribution in [3.05, 3.63) is 29.1 Å². The minimum atomic E-state index is -2.10. The number of rotatable bonds is 0.